The van der Waals surface area contributed by atoms with Gasteiger partial charge in [-0.2, -0.15) is 13.2 Å². The number of halogens is 3. The molecule has 1 heterocycles. The van der Waals surface area contributed by atoms with Crippen LogP contribution in [0, 0.1) is 11.8 Å². The van der Waals surface area contributed by atoms with Gasteiger partial charge in [-0.25, -0.2) is 0 Å². The van der Waals surface area contributed by atoms with Gasteiger partial charge in [-0.05, 0) is 45.4 Å². The number of hydrogen-bond acceptors (Lipinski definition) is 4. The first-order valence-electron chi connectivity index (χ1n) is 11.9. The van der Waals surface area contributed by atoms with Crippen molar-refractivity contribution in [1.82, 2.24) is 9.88 Å². The number of amides is 1. The number of rotatable bonds is 11. The van der Waals surface area contributed by atoms with E-state index in [-0.39, 0.29) is 24.3 Å². The molecule has 1 aromatic heterocycles. The van der Waals surface area contributed by atoms with Crippen LogP contribution in [-0.4, -0.2) is 48.2 Å². The molecule has 0 N–H and O–H groups in total. The number of ether oxygens (including phenoxy) is 1. The van der Waals surface area contributed by atoms with Crippen molar-refractivity contribution in [2.75, 3.05) is 25.1 Å². The van der Waals surface area contributed by atoms with Crippen LogP contribution in [0.25, 0.3) is 0 Å². The first-order valence-corrected chi connectivity index (χ1v) is 11.9. The van der Waals surface area contributed by atoms with E-state index in [1.165, 1.54) is 19.2 Å². The van der Waals surface area contributed by atoms with E-state index >= 15 is 0 Å². The smallest absolute Gasteiger partial charge is 0.416 e. The summed E-state index contributed by atoms with van der Waals surface area (Å²) in [6.45, 7) is 13.1. The van der Waals surface area contributed by atoms with Crippen LogP contribution >= 0.6 is 0 Å². The fourth-order valence-corrected chi connectivity index (χ4v) is 3.38. The molecule has 0 aliphatic carbocycles. The van der Waals surface area contributed by atoms with E-state index in [1.54, 1.807) is 17.2 Å². The Morgan fingerprint density at radius 1 is 1.28 bits per heavy atom. The van der Waals surface area contributed by atoms with Crippen LogP contribution in [0.4, 0.5) is 18.9 Å². The average Bonchev–Trinajstić information content (AvgIpc) is 2.85. The summed E-state index contributed by atoms with van der Waals surface area (Å²) in [7, 11) is 1.88. The summed E-state index contributed by atoms with van der Waals surface area (Å²) in [5.41, 5.74) is 1.29. The first kappa shape index (κ1) is 30.6. The van der Waals surface area contributed by atoms with Crippen molar-refractivity contribution >= 4 is 11.6 Å². The van der Waals surface area contributed by atoms with E-state index in [0.29, 0.717) is 17.8 Å². The molecule has 5 nitrogen and oxygen atoms in total. The lowest BCUT2D eigenvalue weighted by Gasteiger charge is -2.30. The van der Waals surface area contributed by atoms with Crippen LogP contribution in [0.3, 0.4) is 0 Å². The minimum atomic E-state index is -4.45. The molecule has 1 rings (SSSR count). The molecule has 0 spiro atoms. The third-order valence-electron chi connectivity index (χ3n) is 5.43. The molecule has 0 saturated heterocycles. The zero-order valence-corrected chi connectivity index (χ0v) is 21.9. The van der Waals surface area contributed by atoms with E-state index in [1.807, 2.05) is 45.7 Å². The summed E-state index contributed by atoms with van der Waals surface area (Å²) >= 11 is 0. The molecular formula is C28H36F3N3O2. The third kappa shape index (κ3) is 8.95. The largest absolute Gasteiger partial charge is 0.492 e. The van der Waals surface area contributed by atoms with Crippen molar-refractivity contribution in [2.45, 2.75) is 59.7 Å². The Kier molecular flexibility index (Phi) is 12.6. The maximum Gasteiger partial charge on any atom is 0.416 e. The summed E-state index contributed by atoms with van der Waals surface area (Å²) in [6, 6.07) is 1.41. The van der Waals surface area contributed by atoms with Crippen LogP contribution < -0.4 is 4.90 Å². The molecule has 0 aliphatic rings. The molecule has 0 saturated carbocycles. The van der Waals surface area contributed by atoms with E-state index in [0.717, 1.165) is 30.7 Å². The quantitative estimate of drug-likeness (QED) is 0.192. The minimum Gasteiger partial charge on any atom is -0.492 e. The normalized spacial score (nSPS) is 13.1. The molecule has 36 heavy (non-hydrogen) atoms. The van der Waals surface area contributed by atoms with Gasteiger partial charge in [0.25, 0.3) is 5.91 Å². The standard InChI is InChI=1S/C28H36F3N3O2/c1-8-12-13-14-24(10-3)33(7)26-17-18-32-19-25(26)27(35)34(11-4)21(5)20-36-22(6)15-16-23(9-2)28(29,30)31/h9,14-19,21H,6,8,10-11,20H2,1-5,7H3/b16-15-,23-9+,24-14-. The van der Waals surface area contributed by atoms with Gasteiger partial charge in [-0.1, -0.05) is 38.3 Å². The second-order valence-electron chi connectivity index (χ2n) is 7.91. The van der Waals surface area contributed by atoms with Crippen molar-refractivity contribution in [3.8, 4) is 11.8 Å². The fraction of sp³-hybridized carbons (Fsp3) is 0.429. The van der Waals surface area contributed by atoms with E-state index < -0.39 is 11.7 Å². The summed E-state index contributed by atoms with van der Waals surface area (Å²) in [5, 5.41) is 0. The number of allylic oxidation sites excluding steroid dienone is 6. The van der Waals surface area contributed by atoms with Crippen molar-refractivity contribution in [3.63, 3.8) is 0 Å². The lowest BCUT2D eigenvalue weighted by molar-refractivity contribution is -0.0883. The van der Waals surface area contributed by atoms with E-state index in [9.17, 15) is 18.0 Å². The van der Waals surface area contributed by atoms with Crippen LogP contribution in [0.15, 0.2) is 66.4 Å². The number of likely N-dealkylation sites (N-methyl/N-ethyl adjacent to an activating group) is 1. The van der Waals surface area contributed by atoms with Gasteiger partial charge in [0.15, 0.2) is 0 Å². The number of aromatic nitrogens is 1. The third-order valence-corrected chi connectivity index (χ3v) is 5.43. The number of hydrogen-bond donors (Lipinski definition) is 0. The van der Waals surface area contributed by atoms with Crippen LogP contribution in [0.1, 0.15) is 57.8 Å². The second-order valence-corrected chi connectivity index (χ2v) is 7.91. The Morgan fingerprint density at radius 3 is 2.53 bits per heavy atom. The minimum absolute atomic E-state index is 0.0676. The molecule has 0 radical (unpaired) electrons. The number of pyridine rings is 1. The molecule has 0 fully saturated rings. The van der Waals surface area contributed by atoms with Gasteiger partial charge in [-0.15, -0.1) is 0 Å². The van der Waals surface area contributed by atoms with Crippen molar-refractivity contribution < 1.29 is 22.7 Å². The maximum absolute atomic E-state index is 13.5. The highest BCUT2D eigenvalue weighted by molar-refractivity contribution is 6.00. The van der Waals surface area contributed by atoms with Crippen molar-refractivity contribution in [2.24, 2.45) is 0 Å². The van der Waals surface area contributed by atoms with Gasteiger partial charge in [0.1, 0.15) is 12.4 Å². The first-order chi connectivity index (χ1) is 17.0. The monoisotopic (exact) mass is 503 g/mol. The van der Waals surface area contributed by atoms with Gasteiger partial charge >= 0.3 is 6.18 Å². The maximum atomic E-state index is 13.5. The Bertz CT molecular complexity index is 1050. The molecule has 1 aromatic rings. The van der Waals surface area contributed by atoms with Crippen LogP contribution in [0.5, 0.6) is 0 Å². The zero-order valence-electron chi connectivity index (χ0n) is 21.9. The molecule has 1 unspecified atom stereocenters. The van der Waals surface area contributed by atoms with Crippen LogP contribution in [-0.2, 0) is 4.74 Å². The number of carbonyl (C=O) groups is 1. The molecule has 8 heteroatoms. The van der Waals surface area contributed by atoms with E-state index in [2.05, 4.69) is 23.4 Å². The summed E-state index contributed by atoms with van der Waals surface area (Å²) in [6.07, 6.45) is 5.10. The second kappa shape index (κ2) is 14.8. The lowest BCUT2D eigenvalue weighted by Crippen LogP contribution is -2.41. The molecule has 0 aromatic carbocycles. The van der Waals surface area contributed by atoms with Gasteiger partial charge in [0.2, 0.25) is 0 Å². The Balaban J connectivity index is 3.04. The topological polar surface area (TPSA) is 45.7 Å². The van der Waals surface area contributed by atoms with Crippen molar-refractivity contribution in [1.29, 1.82) is 0 Å². The number of carbonyl (C=O) groups excluding carboxylic acids is 1. The number of nitrogens with zero attached hydrogens (tertiary/aromatic N) is 3. The Hall–Kier alpha value is -3.47. The molecular weight excluding hydrogens is 467 g/mol. The predicted molar refractivity (Wildman–Crippen MR) is 139 cm³/mol. The fourth-order valence-electron chi connectivity index (χ4n) is 3.38. The number of alkyl halides is 3. The SMILES string of the molecule is C=C(/C=C\C(=C/C)C(F)(F)F)OCC(C)N(CC)C(=O)c1cnccc1N(C)/C(=C\C#CCC)CC. The Labute approximate surface area is 213 Å². The van der Waals surface area contributed by atoms with Gasteiger partial charge < -0.3 is 14.5 Å². The average molecular weight is 504 g/mol. The highest BCUT2D eigenvalue weighted by Crippen LogP contribution is 2.27. The highest BCUT2D eigenvalue weighted by atomic mass is 19.4. The van der Waals surface area contributed by atoms with Gasteiger partial charge in [-0.3, -0.25) is 9.78 Å². The molecule has 1 amide bonds. The molecule has 0 aliphatic heterocycles. The lowest BCUT2D eigenvalue weighted by atomic mass is 10.1. The highest BCUT2D eigenvalue weighted by Gasteiger charge is 2.31. The van der Waals surface area contributed by atoms with Gasteiger partial charge in [0, 0.05) is 44.2 Å². The molecule has 196 valence electrons. The summed E-state index contributed by atoms with van der Waals surface area (Å²) in [5.74, 6) is 5.90. The molecule has 1 atom stereocenters. The Morgan fingerprint density at radius 2 is 1.97 bits per heavy atom. The van der Waals surface area contributed by atoms with Crippen LogP contribution in [0.2, 0.25) is 0 Å². The number of anilines is 1. The summed E-state index contributed by atoms with van der Waals surface area (Å²) in [4.78, 5) is 21.2. The summed E-state index contributed by atoms with van der Waals surface area (Å²) < 4.78 is 44.2. The van der Waals surface area contributed by atoms with Gasteiger partial charge in [0.05, 0.1) is 22.9 Å². The molecule has 0 bridgehead atoms. The van der Waals surface area contributed by atoms with Crippen molar-refractivity contribution in [3.05, 3.63) is 71.9 Å². The predicted octanol–water partition coefficient (Wildman–Crippen LogP) is 6.67. The zero-order chi connectivity index (χ0) is 27.3. The van der Waals surface area contributed by atoms with E-state index in [4.69, 9.17) is 4.74 Å².